The average molecular weight is 487 g/mol. The van der Waals surface area contributed by atoms with Crippen molar-refractivity contribution in [1.29, 1.82) is 0 Å². The molecule has 0 atom stereocenters. The first-order chi connectivity index (χ1) is 16.2. The fourth-order valence-electron chi connectivity index (χ4n) is 4.54. The van der Waals surface area contributed by atoms with Crippen molar-refractivity contribution < 1.29 is 13.2 Å². The molecule has 8 heteroatoms. The van der Waals surface area contributed by atoms with Crippen molar-refractivity contribution in [2.45, 2.75) is 52.1 Å². The number of aryl methyl sites for hydroxylation is 3. The van der Waals surface area contributed by atoms with Crippen LogP contribution in [0.1, 0.15) is 41.2 Å². The predicted molar refractivity (Wildman–Crippen MR) is 136 cm³/mol. The molecule has 7 nitrogen and oxygen atoms in total. The Labute approximate surface area is 204 Å². The van der Waals surface area contributed by atoms with Gasteiger partial charge in [-0.3, -0.25) is 9.69 Å². The van der Waals surface area contributed by atoms with Crippen molar-refractivity contribution in [1.82, 2.24) is 19.8 Å². The van der Waals surface area contributed by atoms with Crippen LogP contribution < -0.4 is 10.0 Å². The number of piperazine rings is 1. The fourth-order valence-corrected chi connectivity index (χ4v) is 6.02. The van der Waals surface area contributed by atoms with Gasteiger partial charge in [-0.05, 0) is 49.6 Å². The summed E-state index contributed by atoms with van der Waals surface area (Å²) in [6, 6.07) is 12.0. The van der Waals surface area contributed by atoms with E-state index >= 15 is 0 Å². The second-order valence-electron chi connectivity index (χ2n) is 9.18. The summed E-state index contributed by atoms with van der Waals surface area (Å²) in [5.74, 6) is -0.182. The van der Waals surface area contributed by atoms with Crippen molar-refractivity contribution in [3.8, 4) is 0 Å². The molecule has 1 aliphatic heterocycles. The minimum atomic E-state index is -3.66. The molecule has 3 rings (SSSR count). The van der Waals surface area contributed by atoms with E-state index in [0.29, 0.717) is 22.6 Å². The molecule has 0 aliphatic carbocycles. The molecule has 34 heavy (non-hydrogen) atoms. The van der Waals surface area contributed by atoms with Gasteiger partial charge < -0.3 is 10.2 Å². The Bertz CT molecular complexity index is 1050. The van der Waals surface area contributed by atoms with Crippen LogP contribution >= 0.6 is 0 Å². The van der Waals surface area contributed by atoms with Crippen LogP contribution in [0.4, 0.5) is 0 Å². The van der Waals surface area contributed by atoms with Crippen molar-refractivity contribution >= 4 is 15.9 Å². The number of nitrogens with zero attached hydrogens (tertiary/aromatic N) is 2. The molecule has 0 spiro atoms. The van der Waals surface area contributed by atoms with Gasteiger partial charge in [0, 0.05) is 52.2 Å². The van der Waals surface area contributed by atoms with Crippen molar-refractivity contribution in [3.63, 3.8) is 0 Å². The molecule has 1 fully saturated rings. The number of carbonyl (C=O) groups excluding carboxylic acids is 1. The van der Waals surface area contributed by atoms with E-state index in [2.05, 4.69) is 38.9 Å². The largest absolute Gasteiger partial charge is 0.352 e. The van der Waals surface area contributed by atoms with Crippen LogP contribution in [-0.4, -0.2) is 63.4 Å². The monoisotopic (exact) mass is 486 g/mol. The maximum atomic E-state index is 12.7. The highest BCUT2D eigenvalue weighted by Gasteiger charge is 2.20. The normalized spacial score (nSPS) is 15.4. The van der Waals surface area contributed by atoms with Crippen LogP contribution in [-0.2, 0) is 27.9 Å². The number of benzene rings is 2. The number of hydrogen-bond acceptors (Lipinski definition) is 5. The van der Waals surface area contributed by atoms with Gasteiger partial charge >= 0.3 is 0 Å². The van der Waals surface area contributed by atoms with Gasteiger partial charge in [0.15, 0.2) is 0 Å². The number of amides is 1. The first-order valence-electron chi connectivity index (χ1n) is 12.0. The highest BCUT2D eigenvalue weighted by atomic mass is 32.2. The van der Waals surface area contributed by atoms with E-state index in [4.69, 9.17) is 0 Å². The van der Waals surface area contributed by atoms with Gasteiger partial charge in [0.05, 0.1) is 4.90 Å². The Morgan fingerprint density at radius 2 is 1.47 bits per heavy atom. The summed E-state index contributed by atoms with van der Waals surface area (Å²) >= 11 is 0. The summed E-state index contributed by atoms with van der Waals surface area (Å²) in [6.45, 7) is 14.7. The Kier molecular flexibility index (Phi) is 9.24. The minimum Gasteiger partial charge on any atom is -0.352 e. The predicted octanol–water partition coefficient (Wildman–Crippen LogP) is 2.73. The van der Waals surface area contributed by atoms with Crippen LogP contribution in [0.15, 0.2) is 41.3 Å². The van der Waals surface area contributed by atoms with E-state index < -0.39 is 10.0 Å². The molecule has 2 aromatic rings. The zero-order valence-corrected chi connectivity index (χ0v) is 21.7. The number of sulfonamides is 1. The van der Waals surface area contributed by atoms with Crippen molar-refractivity contribution in [2.75, 3.05) is 39.3 Å². The Balaban J connectivity index is 1.41. The molecular formula is C26H38N4O3S. The number of nitrogens with one attached hydrogen (secondary N) is 2. The fraction of sp³-hybridized carbons (Fsp3) is 0.500. The zero-order chi connectivity index (χ0) is 24.7. The first-order valence-corrected chi connectivity index (χ1v) is 13.5. The molecule has 1 amide bonds. The second-order valence-corrected chi connectivity index (χ2v) is 10.9. The third-order valence-corrected chi connectivity index (χ3v) is 8.11. The Morgan fingerprint density at radius 1 is 0.912 bits per heavy atom. The molecule has 1 heterocycles. The zero-order valence-electron chi connectivity index (χ0n) is 20.9. The molecule has 2 N–H and O–H groups in total. The lowest BCUT2D eigenvalue weighted by molar-refractivity contribution is -0.121. The van der Waals surface area contributed by atoms with Crippen LogP contribution in [0.3, 0.4) is 0 Å². The molecule has 0 saturated carbocycles. The highest BCUT2D eigenvalue weighted by Crippen LogP contribution is 2.21. The van der Waals surface area contributed by atoms with E-state index in [0.717, 1.165) is 50.4 Å². The third-order valence-electron chi connectivity index (χ3n) is 6.35. The van der Waals surface area contributed by atoms with Crippen LogP contribution in [0.2, 0.25) is 0 Å². The van der Waals surface area contributed by atoms with E-state index in [1.165, 1.54) is 5.56 Å². The lowest BCUT2D eigenvalue weighted by Crippen LogP contribution is -2.45. The van der Waals surface area contributed by atoms with Gasteiger partial charge in [0.1, 0.15) is 0 Å². The van der Waals surface area contributed by atoms with E-state index in [-0.39, 0.29) is 18.9 Å². The summed E-state index contributed by atoms with van der Waals surface area (Å²) in [4.78, 5) is 17.5. The average Bonchev–Trinajstić information content (AvgIpc) is 2.78. The summed E-state index contributed by atoms with van der Waals surface area (Å²) < 4.78 is 28.0. The Morgan fingerprint density at radius 3 is 2.06 bits per heavy atom. The van der Waals surface area contributed by atoms with Crippen LogP contribution in [0, 0.1) is 20.8 Å². The molecule has 186 valence electrons. The van der Waals surface area contributed by atoms with Gasteiger partial charge in [0.2, 0.25) is 15.9 Å². The van der Waals surface area contributed by atoms with E-state index in [9.17, 15) is 13.2 Å². The van der Waals surface area contributed by atoms with Crippen molar-refractivity contribution in [2.24, 2.45) is 0 Å². The molecule has 1 saturated heterocycles. The topological polar surface area (TPSA) is 81.8 Å². The lowest BCUT2D eigenvalue weighted by atomic mass is 10.1. The van der Waals surface area contributed by atoms with Gasteiger partial charge in [-0.25, -0.2) is 13.1 Å². The number of rotatable bonds is 10. The number of likely N-dealkylation sites (N-methyl/N-ethyl adjacent to an activating group) is 1. The van der Waals surface area contributed by atoms with Gasteiger partial charge in [-0.2, -0.15) is 0 Å². The summed E-state index contributed by atoms with van der Waals surface area (Å²) in [6.07, 6.45) is 0.0883. The van der Waals surface area contributed by atoms with Crippen molar-refractivity contribution in [3.05, 3.63) is 64.2 Å². The van der Waals surface area contributed by atoms with Gasteiger partial charge in [0.25, 0.3) is 0 Å². The highest BCUT2D eigenvalue weighted by molar-refractivity contribution is 7.89. The molecule has 1 aliphatic rings. The summed E-state index contributed by atoms with van der Waals surface area (Å²) in [5, 5.41) is 2.88. The maximum Gasteiger partial charge on any atom is 0.241 e. The number of hydrogen-bond donors (Lipinski definition) is 2. The van der Waals surface area contributed by atoms with E-state index in [1.54, 1.807) is 13.8 Å². The maximum absolute atomic E-state index is 12.7. The number of carbonyl (C=O) groups is 1. The van der Waals surface area contributed by atoms with E-state index in [1.807, 2.05) is 31.2 Å². The second kappa shape index (κ2) is 11.9. The van der Waals surface area contributed by atoms with Crippen LogP contribution in [0.25, 0.3) is 0 Å². The quantitative estimate of drug-likeness (QED) is 0.540. The third kappa shape index (κ3) is 7.37. The summed E-state index contributed by atoms with van der Waals surface area (Å²) in [5.41, 5.74) is 4.74. The van der Waals surface area contributed by atoms with Crippen LogP contribution in [0.5, 0.6) is 0 Å². The molecule has 0 bridgehead atoms. The molecule has 0 unspecified atom stereocenters. The lowest BCUT2D eigenvalue weighted by Gasteiger charge is -2.34. The molecule has 0 radical (unpaired) electrons. The molecule has 2 aromatic carbocycles. The minimum absolute atomic E-state index is 0.0607. The first kappa shape index (κ1) is 26.3. The molecular weight excluding hydrogens is 448 g/mol. The standard InChI is InChI=1S/C26H38N4O3S/c1-5-29-12-14-30(15-13-29)19-24-8-6-23(7-9-24)18-27-25(31)10-11-28-34(32,33)26-21(3)16-20(2)17-22(26)4/h6-9,16-17,28H,5,10-15,18-19H2,1-4H3,(H,27,31). The summed E-state index contributed by atoms with van der Waals surface area (Å²) in [7, 11) is -3.66. The smallest absolute Gasteiger partial charge is 0.241 e. The SMILES string of the molecule is CCN1CCN(Cc2ccc(CNC(=O)CCNS(=O)(=O)c3c(C)cc(C)cc3C)cc2)CC1. The van der Waals surface area contributed by atoms with Gasteiger partial charge in [-0.1, -0.05) is 48.9 Å². The molecule has 0 aromatic heterocycles. The van der Waals surface area contributed by atoms with Gasteiger partial charge in [-0.15, -0.1) is 0 Å². The Hall–Kier alpha value is -2.26.